The van der Waals surface area contributed by atoms with Crippen molar-refractivity contribution in [2.24, 2.45) is 0 Å². The molecule has 0 radical (unpaired) electrons. The van der Waals surface area contributed by atoms with Crippen molar-refractivity contribution in [3.63, 3.8) is 0 Å². The molecule has 0 saturated heterocycles. The van der Waals surface area contributed by atoms with Gasteiger partial charge in [-0.1, -0.05) is 215 Å². The molecule has 0 saturated carbocycles. The Hall–Kier alpha value is -15.7. The van der Waals surface area contributed by atoms with Crippen molar-refractivity contribution in [3.8, 4) is 67.5 Å². The normalized spacial score (nSPS) is 20.1. The second-order valence-electron chi connectivity index (χ2n) is 30.5. The first-order valence-electron chi connectivity index (χ1n) is 73.7. The minimum absolute atomic E-state index is 0.00319. The fraction of sp³-hybridized carbons (Fsp3) is 0.263. The number of benzene rings is 6. The van der Waals surface area contributed by atoms with E-state index in [-0.39, 0.29) is 162 Å². The number of amides is 6. The number of aromatic nitrogens is 12. The monoisotopic (exact) mass is 1910 g/mol. The predicted molar refractivity (Wildman–Crippen MR) is 555 cm³/mol. The van der Waals surface area contributed by atoms with E-state index in [4.69, 9.17) is 89.1 Å². The zero-order chi connectivity index (χ0) is 155. The summed E-state index contributed by atoms with van der Waals surface area (Å²) >= 11 is 0. The number of aryl methyl sites for hydroxylation is 4. The molecule has 18 rings (SSSR count). The molecule has 6 aromatic carbocycles. The van der Waals surface area contributed by atoms with Crippen LogP contribution in [0, 0.1) is 82.6 Å². The number of imidazole rings is 6. The summed E-state index contributed by atoms with van der Waals surface area (Å²) in [7, 11) is 9.54. The van der Waals surface area contributed by atoms with Crippen molar-refractivity contribution >= 4 is 69.3 Å². The third-order valence-corrected chi connectivity index (χ3v) is 19.4. The highest BCUT2D eigenvalue weighted by molar-refractivity contribution is 5.87. The van der Waals surface area contributed by atoms with Gasteiger partial charge in [-0.2, -0.15) is 0 Å². The summed E-state index contributed by atoms with van der Waals surface area (Å²) in [6.45, 7) is -22.8. The summed E-state index contributed by atoms with van der Waals surface area (Å²) in [5, 5.41) is 0. The molecule has 6 amide bonds. The van der Waals surface area contributed by atoms with E-state index in [1.54, 1.807) is 36.4 Å². The first-order valence-corrected chi connectivity index (χ1v) is 40.7. The van der Waals surface area contributed by atoms with Crippen LogP contribution < -0.4 is 0 Å². The molecule has 6 atom stereocenters. The molecule has 18 aromatic rings. The van der Waals surface area contributed by atoms with Crippen LogP contribution in [0.15, 0.2) is 255 Å². The number of fused-ring (bicyclic) bond motifs is 6. The molecule has 138 heavy (non-hydrogen) atoms. The van der Waals surface area contributed by atoms with Gasteiger partial charge in [-0.05, 0) is 152 Å². The van der Waals surface area contributed by atoms with Crippen LogP contribution in [0.2, 0.25) is 0 Å². The largest absolute Gasteiger partial charge is 0.348 e. The number of pyridine rings is 6. The van der Waals surface area contributed by atoms with Gasteiger partial charge in [0.25, 0.3) is 0 Å². The lowest BCUT2D eigenvalue weighted by molar-refractivity contribution is -0.128. The fourth-order valence-corrected chi connectivity index (χ4v) is 12.5. The van der Waals surface area contributed by atoms with Gasteiger partial charge in [0.15, 0.2) is 0 Å². The molecular formula is C114H126N18O6. The lowest BCUT2D eigenvalue weighted by Gasteiger charge is -2.11. The molecule has 708 valence electrons. The maximum atomic E-state index is 13.0. The van der Waals surface area contributed by atoms with Crippen LogP contribution in [0.25, 0.3) is 101 Å². The summed E-state index contributed by atoms with van der Waals surface area (Å²) in [5.41, 5.74) is -5.34. The van der Waals surface area contributed by atoms with E-state index in [0.717, 1.165) is 66.7 Å². The van der Waals surface area contributed by atoms with Crippen molar-refractivity contribution in [2.75, 3.05) is 84.3 Å². The highest BCUT2D eigenvalue weighted by Crippen LogP contribution is 2.34. The van der Waals surface area contributed by atoms with E-state index in [0.29, 0.717) is 40.7 Å². The van der Waals surface area contributed by atoms with Crippen LogP contribution in [0.1, 0.15) is 190 Å². The molecule has 0 bridgehead atoms. The van der Waals surface area contributed by atoms with Crippen molar-refractivity contribution in [1.29, 1.82) is 0 Å². The summed E-state index contributed by atoms with van der Waals surface area (Å²) in [5.74, 6) is -6.01. The standard InChI is InChI=1S/6C19H21N3O/c6*1-13-5-8-15(9-6-13)19-16(11-18(23)21(3)4)22-12-14(2)7-10-17(22)20-19/h6*5-10,12H,11H2,1-4H3/i1D3,2D3,5D,6D,7D,8D,9D,10D,11D,12D;1D3,5D,6D,7D,8D,9D,10D,11D,12D;1D3,2D3,3D3,7D,10D,11D,12D;2D3,3D3,7D,10D,11D,12D;1D3,3D3,7D,10D,11D,12D;3D3,7D,10D,11D,12D. The predicted octanol–water partition coefficient (Wildman–Crippen LogP) is 19.5. The zero-order valence-corrected chi connectivity index (χ0v) is 75.7. The molecule has 0 aliphatic heterocycles. The van der Waals surface area contributed by atoms with Crippen LogP contribution in [-0.2, 0) is 67.1 Å². The molecule has 12 heterocycles. The summed E-state index contributed by atoms with van der Waals surface area (Å²) in [6, 6.07) is 11.9. The maximum Gasteiger partial charge on any atom is 0.228 e. The minimum Gasteiger partial charge on any atom is -0.348 e. The Labute approximate surface area is 900 Å². The number of carbonyl (C=O) groups excluding carboxylic acids is 6. The van der Waals surface area contributed by atoms with Gasteiger partial charge < -0.3 is 55.8 Å². The maximum absolute atomic E-state index is 13.0. The van der Waals surface area contributed by atoms with E-state index in [9.17, 15) is 28.8 Å². The van der Waals surface area contributed by atoms with E-state index in [1.807, 2.05) is 26.0 Å². The van der Waals surface area contributed by atoms with Gasteiger partial charge >= 0.3 is 0 Å². The van der Waals surface area contributed by atoms with Crippen LogP contribution in [0.5, 0.6) is 0 Å². The van der Waals surface area contributed by atoms with Crippen LogP contribution in [-0.4, -0.2) is 205 Å². The Kier molecular flexibility index (Phi) is 14.4. The van der Waals surface area contributed by atoms with Gasteiger partial charge in [0, 0.05) is 208 Å². The molecular weight excluding hydrogens is 1720 g/mol. The third-order valence-electron chi connectivity index (χ3n) is 19.4. The minimum atomic E-state index is -3.03. The Morgan fingerprint density at radius 3 is 0.594 bits per heavy atom. The summed E-state index contributed by atoms with van der Waals surface area (Å²) in [4.78, 5) is 106. The van der Waals surface area contributed by atoms with Crippen molar-refractivity contribution in [2.45, 2.75) is 121 Å². The van der Waals surface area contributed by atoms with Crippen molar-refractivity contribution < 1.29 is 118 Å². The van der Waals surface area contributed by atoms with E-state index in [1.165, 1.54) is 102 Å². The average molecular weight is 1910 g/mol. The highest BCUT2D eigenvalue weighted by Gasteiger charge is 2.26. The van der Waals surface area contributed by atoms with Crippen LogP contribution in [0.3, 0.4) is 0 Å². The van der Waals surface area contributed by atoms with Gasteiger partial charge in [0.05, 0.1) is 142 Å². The Balaban J connectivity index is 0.000000195. The fourth-order valence-electron chi connectivity index (χ4n) is 12.5. The van der Waals surface area contributed by atoms with Crippen molar-refractivity contribution in [3.05, 3.63) is 356 Å². The first-order chi connectivity index (χ1) is 92.6. The molecule has 0 fully saturated rings. The number of hydrogen-bond acceptors (Lipinski definition) is 12. The number of nitrogens with zero attached hydrogens (tertiary/aromatic N) is 18. The topological polar surface area (TPSA) is 226 Å². The number of hydrogen-bond donors (Lipinski definition) is 0. The van der Waals surface area contributed by atoms with E-state index < -0.39 is 321 Å². The molecule has 6 unspecified atom stereocenters. The second-order valence-corrected chi connectivity index (χ2v) is 30.5. The molecule has 0 aliphatic rings. The lowest BCUT2D eigenvalue weighted by atomic mass is 10.1. The smallest absolute Gasteiger partial charge is 0.228 e. The van der Waals surface area contributed by atoms with Crippen LogP contribution >= 0.6 is 0 Å². The third kappa shape index (κ3) is 24.1. The van der Waals surface area contributed by atoms with E-state index >= 15 is 0 Å². The average Bonchev–Trinajstić information content (AvgIpc) is 2.17. The molecule has 0 N–H and O–H groups in total. The van der Waals surface area contributed by atoms with Gasteiger partial charge in [0.2, 0.25) is 35.4 Å². The molecule has 0 spiro atoms. The quantitative estimate of drug-likeness (QED) is 0.0782. The number of carbonyl (C=O) groups is 6. The summed E-state index contributed by atoms with van der Waals surface area (Å²) in [6.07, 6.45) is -14.3. The van der Waals surface area contributed by atoms with Gasteiger partial charge in [0.1, 0.15) is 33.9 Å². The Morgan fingerprint density at radius 2 is 0.399 bits per heavy atom. The highest BCUT2D eigenvalue weighted by atomic mass is 16.2. The van der Waals surface area contributed by atoms with Gasteiger partial charge in [-0.25, -0.2) is 29.9 Å². The molecule has 24 heteroatoms. The SMILES string of the molecule is [2H]c1c(C([2H])([2H])[2H])c([2H])n2c(C([2H])C(=O)N(C)C([2H])([2H])[2H])c(-c3ccc(C([2H])([2H])[2H])cc3)nc2c1[2H].[2H]c1c(C([2H])([2H])[2H])c([2H])n2c(C([2H])C(=O)N(C)C([2H])([2H])[2H])c(-c3ccc(C)cc3)nc2c1[2H].[2H]c1c(C)c([2H])n2c(C([2H])C(=O)N(C)C([2H])([2H])[2H])c(-c3ccc(C([2H])([2H])[2H])cc3)nc2c1[2H].[2H]c1c(C)c([2H])n2c(C([2H])C(=O)N(C)C([2H])([2H])[2H])c(-c3ccc(C)cc3)nc2c1[2H].[2H]c1c([2H])c(C([2H])([2H])[2H])c([2H])c([2H])c1-c1nc2c([2H])c([2H])c(C([2H])([2H])[2H])c([2H])n2c1C([2H])C(=O)N(C)C.[2H]c1c([2H])c(C([2H])([2H])[2H])c([2H])c([2H])c1-c1nc2c([2H])c([2H])c(C)c([2H])n2c1C([2H])C(=O)N(C)C. The first kappa shape index (κ1) is 45.3. The summed E-state index contributed by atoms with van der Waals surface area (Å²) < 4.78 is 523. The molecule has 24 nitrogen and oxygen atoms in total. The number of rotatable bonds is 18. The molecule has 12 aromatic heterocycles. The second kappa shape index (κ2) is 43.7. The van der Waals surface area contributed by atoms with E-state index in [2.05, 4.69) is 29.9 Å². The molecule has 0 aliphatic carbocycles. The lowest BCUT2D eigenvalue weighted by Crippen LogP contribution is -2.24. The number of likely N-dealkylation sites (N-methyl/N-ethyl adjacent to an activating group) is 6. The Morgan fingerprint density at radius 1 is 0.225 bits per heavy atom. The van der Waals surface area contributed by atoms with Crippen LogP contribution in [0.4, 0.5) is 0 Å². The zero-order valence-electron chi connectivity index (χ0n) is 141. The Bertz CT molecular complexity index is 10700. The van der Waals surface area contributed by atoms with Crippen molar-refractivity contribution in [1.82, 2.24) is 85.7 Å². The van der Waals surface area contributed by atoms with Gasteiger partial charge in [-0.3, -0.25) is 28.8 Å². The van der Waals surface area contributed by atoms with Gasteiger partial charge in [-0.15, -0.1) is 0 Å².